The average Bonchev–Trinajstić information content (AvgIpc) is 2.50. The van der Waals surface area contributed by atoms with Crippen LogP contribution in [0.2, 0.25) is 0 Å². The van der Waals surface area contributed by atoms with Gasteiger partial charge in [-0.05, 0) is 13.8 Å². The fourth-order valence-electron chi connectivity index (χ4n) is 0.981. The third-order valence-corrected chi connectivity index (χ3v) is 1.62. The van der Waals surface area contributed by atoms with Gasteiger partial charge in [0.05, 0.1) is 12.5 Å². The average molecular weight is 167 g/mol. The first-order valence-electron chi connectivity index (χ1n) is 3.72. The Morgan fingerprint density at radius 3 is 2.83 bits per heavy atom. The molecule has 0 radical (unpaired) electrons. The van der Waals surface area contributed by atoms with Crippen LogP contribution in [0.15, 0.2) is 17.6 Å². The molecule has 0 spiro atoms. The lowest BCUT2D eigenvalue weighted by Crippen LogP contribution is -2.20. The maximum Gasteiger partial charge on any atom is 0.168 e. The van der Waals surface area contributed by atoms with E-state index in [0.29, 0.717) is 11.9 Å². The molecule has 0 unspecified atom stereocenters. The van der Waals surface area contributed by atoms with Crippen LogP contribution in [0.4, 0.5) is 0 Å². The van der Waals surface area contributed by atoms with Gasteiger partial charge in [-0.15, -0.1) is 0 Å². The zero-order chi connectivity index (χ0) is 9.14. The van der Waals surface area contributed by atoms with Crippen molar-refractivity contribution in [2.75, 3.05) is 0 Å². The fraction of sp³-hybridized carbons (Fsp3) is 0.429. The smallest absolute Gasteiger partial charge is 0.168 e. The van der Waals surface area contributed by atoms with Gasteiger partial charge < -0.3 is 16.1 Å². The quantitative estimate of drug-likeness (QED) is 0.282. The molecule has 5 heteroatoms. The Balaban J connectivity index is 3.07. The summed E-state index contributed by atoms with van der Waals surface area (Å²) in [5.41, 5.74) is 6.30. The summed E-state index contributed by atoms with van der Waals surface area (Å²) in [6.07, 6.45) is 3.35. The summed E-state index contributed by atoms with van der Waals surface area (Å²) in [6.45, 7) is 4.07. The van der Waals surface area contributed by atoms with Gasteiger partial charge >= 0.3 is 0 Å². The van der Waals surface area contributed by atoms with E-state index in [1.54, 1.807) is 12.5 Å². The molecule has 66 valence electrons. The molecule has 5 nitrogen and oxygen atoms in total. The van der Waals surface area contributed by atoms with E-state index < -0.39 is 0 Å². The first-order valence-corrected chi connectivity index (χ1v) is 3.72. The van der Waals surface area contributed by atoms with E-state index in [2.05, 4.69) is 10.1 Å². The predicted octanol–water partition coefficient (Wildman–Crippen LogP) is 0.0430. The topological polar surface area (TPSA) is 82.2 Å². The molecule has 4 N–H and O–H groups in total. The van der Waals surface area contributed by atoms with Crippen LogP contribution in [-0.2, 0) is 0 Å². The maximum absolute atomic E-state index is 5.54. The monoisotopic (exact) mass is 167 g/mol. The van der Waals surface area contributed by atoms with Gasteiger partial charge in [0.15, 0.2) is 5.84 Å². The van der Waals surface area contributed by atoms with Gasteiger partial charge in [-0.2, -0.15) is 5.10 Å². The van der Waals surface area contributed by atoms with Crippen molar-refractivity contribution >= 4 is 5.84 Å². The van der Waals surface area contributed by atoms with Crippen LogP contribution in [0.5, 0.6) is 0 Å². The highest BCUT2D eigenvalue weighted by atomic mass is 15.2. The number of hydrazone groups is 1. The van der Waals surface area contributed by atoms with Crippen LogP contribution in [0.3, 0.4) is 0 Å². The summed E-state index contributed by atoms with van der Waals surface area (Å²) < 4.78 is 1.91. The van der Waals surface area contributed by atoms with Crippen LogP contribution in [0.25, 0.3) is 0 Å². The summed E-state index contributed by atoms with van der Waals surface area (Å²) >= 11 is 0. The summed E-state index contributed by atoms with van der Waals surface area (Å²) in [5, 5.41) is 3.41. The summed E-state index contributed by atoms with van der Waals surface area (Å²) in [7, 11) is 0. The fourth-order valence-corrected chi connectivity index (χ4v) is 0.981. The highest BCUT2D eigenvalue weighted by Gasteiger charge is 2.07. The van der Waals surface area contributed by atoms with E-state index in [1.807, 2.05) is 18.4 Å². The number of amidine groups is 1. The zero-order valence-corrected chi connectivity index (χ0v) is 7.23. The first-order chi connectivity index (χ1) is 5.66. The molecule has 0 aliphatic carbocycles. The van der Waals surface area contributed by atoms with Crippen molar-refractivity contribution in [3.63, 3.8) is 0 Å². The van der Waals surface area contributed by atoms with Crippen molar-refractivity contribution in [1.82, 2.24) is 9.55 Å². The minimum atomic E-state index is 0.307. The van der Waals surface area contributed by atoms with Crippen molar-refractivity contribution in [1.29, 1.82) is 0 Å². The zero-order valence-electron chi connectivity index (χ0n) is 7.23. The molecular weight excluding hydrogens is 154 g/mol. The molecule has 1 rings (SSSR count). The number of hydrogen-bond acceptors (Lipinski definition) is 3. The SMILES string of the molecule is CC(C)n1cncc1/C(N)=N/N. The van der Waals surface area contributed by atoms with Crippen LogP contribution in [0, 0.1) is 0 Å². The van der Waals surface area contributed by atoms with E-state index in [1.165, 1.54) is 0 Å². The Labute approximate surface area is 71.1 Å². The molecule has 0 aliphatic heterocycles. The van der Waals surface area contributed by atoms with Crippen molar-refractivity contribution in [2.24, 2.45) is 16.7 Å². The molecule has 0 aromatic carbocycles. The van der Waals surface area contributed by atoms with E-state index in [9.17, 15) is 0 Å². The molecule has 0 bridgehead atoms. The Kier molecular flexibility index (Phi) is 2.32. The van der Waals surface area contributed by atoms with Gasteiger partial charge in [-0.25, -0.2) is 4.98 Å². The van der Waals surface area contributed by atoms with Crippen LogP contribution in [-0.4, -0.2) is 15.4 Å². The third-order valence-electron chi connectivity index (χ3n) is 1.62. The molecular formula is C7H13N5. The second-order valence-electron chi connectivity index (χ2n) is 2.79. The van der Waals surface area contributed by atoms with Crippen LogP contribution < -0.4 is 11.6 Å². The van der Waals surface area contributed by atoms with E-state index in [0.717, 1.165) is 5.69 Å². The number of rotatable bonds is 2. The minimum absolute atomic E-state index is 0.307. The van der Waals surface area contributed by atoms with E-state index in [4.69, 9.17) is 11.6 Å². The number of nitrogens with zero attached hydrogens (tertiary/aromatic N) is 3. The molecule has 0 amide bonds. The number of aromatic nitrogens is 2. The minimum Gasteiger partial charge on any atom is -0.381 e. The molecule has 0 saturated heterocycles. The van der Waals surface area contributed by atoms with Gasteiger partial charge in [-0.3, -0.25) is 0 Å². The van der Waals surface area contributed by atoms with Crippen LogP contribution >= 0.6 is 0 Å². The summed E-state index contributed by atoms with van der Waals surface area (Å²) in [6, 6.07) is 0.308. The number of hydrogen-bond donors (Lipinski definition) is 2. The maximum atomic E-state index is 5.54. The molecule has 12 heavy (non-hydrogen) atoms. The van der Waals surface area contributed by atoms with Crippen molar-refractivity contribution in [3.05, 3.63) is 18.2 Å². The molecule has 0 atom stereocenters. The third kappa shape index (κ3) is 1.39. The lowest BCUT2D eigenvalue weighted by molar-refractivity contribution is 0.595. The van der Waals surface area contributed by atoms with E-state index >= 15 is 0 Å². The Hall–Kier alpha value is -1.52. The highest BCUT2D eigenvalue weighted by Crippen LogP contribution is 2.07. The highest BCUT2D eigenvalue weighted by molar-refractivity contribution is 5.95. The van der Waals surface area contributed by atoms with Crippen molar-refractivity contribution in [3.8, 4) is 0 Å². The van der Waals surface area contributed by atoms with Gasteiger partial charge in [-0.1, -0.05) is 0 Å². The normalized spacial score (nSPS) is 12.4. The molecule has 0 aliphatic rings. The van der Waals surface area contributed by atoms with Gasteiger partial charge in [0.1, 0.15) is 5.69 Å². The number of imidazole rings is 1. The lowest BCUT2D eigenvalue weighted by atomic mass is 10.3. The Morgan fingerprint density at radius 2 is 2.33 bits per heavy atom. The van der Waals surface area contributed by atoms with Crippen LogP contribution in [0.1, 0.15) is 25.6 Å². The largest absolute Gasteiger partial charge is 0.381 e. The van der Waals surface area contributed by atoms with Crippen molar-refractivity contribution in [2.45, 2.75) is 19.9 Å². The first kappa shape index (κ1) is 8.58. The van der Waals surface area contributed by atoms with Gasteiger partial charge in [0.2, 0.25) is 0 Å². The Morgan fingerprint density at radius 1 is 1.67 bits per heavy atom. The molecule has 0 saturated carbocycles. The standard InChI is InChI=1S/C7H13N5/c1-5(2)12-4-10-3-6(12)7(8)11-9/h3-5H,9H2,1-2H3,(H2,8,11). The second-order valence-corrected chi connectivity index (χ2v) is 2.79. The van der Waals surface area contributed by atoms with E-state index in [-0.39, 0.29) is 0 Å². The number of nitrogens with two attached hydrogens (primary N) is 2. The van der Waals surface area contributed by atoms with Crippen molar-refractivity contribution < 1.29 is 0 Å². The molecule has 0 fully saturated rings. The lowest BCUT2D eigenvalue weighted by Gasteiger charge is -2.09. The summed E-state index contributed by atoms with van der Waals surface area (Å²) in [5.74, 6) is 5.36. The molecule has 1 aromatic heterocycles. The summed E-state index contributed by atoms with van der Waals surface area (Å²) in [4.78, 5) is 3.96. The Bertz CT molecular complexity index is 286. The predicted molar refractivity (Wildman–Crippen MR) is 47.5 cm³/mol. The molecule has 1 heterocycles. The molecule has 1 aromatic rings. The van der Waals surface area contributed by atoms with Gasteiger partial charge in [0.25, 0.3) is 0 Å². The van der Waals surface area contributed by atoms with Gasteiger partial charge in [0, 0.05) is 6.04 Å². The second kappa shape index (κ2) is 3.25.